The third-order valence-electron chi connectivity index (χ3n) is 3.79. The fourth-order valence-electron chi connectivity index (χ4n) is 2.42. The van der Waals surface area contributed by atoms with Crippen molar-refractivity contribution in [3.05, 3.63) is 59.3 Å². The number of rotatable bonds is 4. The van der Waals surface area contributed by atoms with Gasteiger partial charge >= 0.3 is 0 Å². The van der Waals surface area contributed by atoms with Crippen LogP contribution >= 0.6 is 0 Å². The van der Waals surface area contributed by atoms with Crippen LogP contribution in [-0.4, -0.2) is 27.0 Å². The average molecular weight is 312 g/mol. The molecule has 0 atom stereocenters. The minimum Gasteiger partial charge on any atom is -0.352 e. The fourth-order valence-corrected chi connectivity index (χ4v) is 2.42. The molecular weight excluding hydrogens is 295 g/mol. The molecule has 6 heteroatoms. The van der Waals surface area contributed by atoms with E-state index in [1.54, 1.807) is 25.3 Å². The van der Waals surface area contributed by atoms with Gasteiger partial charge in [-0.2, -0.15) is 0 Å². The topological polar surface area (TPSA) is 59.8 Å². The summed E-state index contributed by atoms with van der Waals surface area (Å²) in [5, 5.41) is 2.79. The van der Waals surface area contributed by atoms with Crippen LogP contribution < -0.4 is 5.32 Å². The number of fused-ring (bicyclic) bond motifs is 1. The molecule has 2 heterocycles. The van der Waals surface area contributed by atoms with Gasteiger partial charge in [-0.3, -0.25) is 4.79 Å². The molecule has 3 rings (SSSR count). The van der Waals surface area contributed by atoms with E-state index in [0.717, 1.165) is 17.0 Å². The number of nitrogens with one attached hydrogen (secondary N) is 1. The number of aromatic nitrogens is 3. The highest BCUT2D eigenvalue weighted by atomic mass is 19.1. The number of imidazole rings is 1. The van der Waals surface area contributed by atoms with Crippen molar-refractivity contribution < 1.29 is 9.18 Å². The molecule has 5 nitrogen and oxygen atoms in total. The fraction of sp³-hybridized carbons (Fsp3) is 0.235. The number of aryl methyl sites for hydroxylation is 2. The molecule has 118 valence electrons. The molecule has 0 aliphatic rings. The molecule has 0 aliphatic heterocycles. The minimum atomic E-state index is -0.376. The molecule has 0 saturated carbocycles. The Morgan fingerprint density at radius 1 is 1.35 bits per heavy atom. The normalized spacial score (nSPS) is 10.9. The van der Waals surface area contributed by atoms with Crippen molar-refractivity contribution in [1.29, 1.82) is 0 Å². The summed E-state index contributed by atoms with van der Waals surface area (Å²) in [4.78, 5) is 20.8. The lowest BCUT2D eigenvalue weighted by atomic mass is 10.1. The molecule has 0 radical (unpaired) electrons. The van der Waals surface area contributed by atoms with Gasteiger partial charge in [-0.1, -0.05) is 6.07 Å². The first-order chi connectivity index (χ1) is 11.1. The molecule has 0 fully saturated rings. The molecule has 2 aromatic heterocycles. The van der Waals surface area contributed by atoms with Crippen LogP contribution in [0.4, 0.5) is 4.39 Å². The summed E-state index contributed by atoms with van der Waals surface area (Å²) in [6, 6.07) is 8.21. The van der Waals surface area contributed by atoms with Crippen LogP contribution in [0.25, 0.3) is 11.2 Å². The van der Waals surface area contributed by atoms with Crippen molar-refractivity contribution in [1.82, 2.24) is 19.9 Å². The van der Waals surface area contributed by atoms with Crippen LogP contribution in [0.3, 0.4) is 0 Å². The lowest BCUT2D eigenvalue weighted by Crippen LogP contribution is -2.26. The van der Waals surface area contributed by atoms with Gasteiger partial charge in [-0.25, -0.2) is 14.4 Å². The second kappa shape index (κ2) is 6.16. The molecule has 1 aromatic carbocycles. The Morgan fingerprint density at radius 3 is 2.91 bits per heavy atom. The average Bonchev–Trinajstić information content (AvgIpc) is 2.87. The predicted molar refractivity (Wildman–Crippen MR) is 85.7 cm³/mol. The van der Waals surface area contributed by atoms with E-state index in [9.17, 15) is 9.18 Å². The summed E-state index contributed by atoms with van der Waals surface area (Å²) < 4.78 is 15.4. The van der Waals surface area contributed by atoms with E-state index in [1.807, 2.05) is 23.7 Å². The number of carbonyl (C=O) groups is 1. The van der Waals surface area contributed by atoms with Crippen LogP contribution in [0, 0.1) is 12.7 Å². The Morgan fingerprint density at radius 2 is 2.17 bits per heavy atom. The molecule has 0 spiro atoms. The second-order valence-corrected chi connectivity index (χ2v) is 5.40. The van der Waals surface area contributed by atoms with Crippen LogP contribution in [0.15, 0.2) is 36.5 Å². The quantitative estimate of drug-likeness (QED) is 0.804. The Labute approximate surface area is 133 Å². The number of hydrogen-bond acceptors (Lipinski definition) is 3. The monoisotopic (exact) mass is 312 g/mol. The molecule has 3 aromatic rings. The SMILES string of the molecule is Cc1ccc(C(=O)NCCc2nc3cccnc3n2C)cc1F. The molecule has 0 saturated heterocycles. The minimum absolute atomic E-state index is 0.291. The van der Waals surface area contributed by atoms with Gasteiger partial charge in [-0.05, 0) is 36.8 Å². The first-order valence-electron chi connectivity index (χ1n) is 7.37. The van der Waals surface area contributed by atoms with Crippen molar-refractivity contribution in [3.63, 3.8) is 0 Å². The summed E-state index contributed by atoms with van der Waals surface area (Å²) in [7, 11) is 1.90. The van der Waals surface area contributed by atoms with Crippen LogP contribution in [0.5, 0.6) is 0 Å². The number of carbonyl (C=O) groups excluding carboxylic acids is 1. The Kier molecular flexibility index (Phi) is 4.06. The zero-order chi connectivity index (χ0) is 16.4. The van der Waals surface area contributed by atoms with Gasteiger partial charge in [0.1, 0.15) is 17.2 Å². The Hall–Kier alpha value is -2.76. The summed E-state index contributed by atoms with van der Waals surface area (Å²) >= 11 is 0. The summed E-state index contributed by atoms with van der Waals surface area (Å²) in [5.41, 5.74) is 2.49. The number of benzene rings is 1. The number of hydrogen-bond donors (Lipinski definition) is 1. The summed E-state index contributed by atoms with van der Waals surface area (Å²) in [6.07, 6.45) is 2.30. The lowest BCUT2D eigenvalue weighted by Gasteiger charge is -2.06. The third kappa shape index (κ3) is 3.06. The number of halogens is 1. The van der Waals surface area contributed by atoms with Gasteiger partial charge in [-0.15, -0.1) is 0 Å². The maximum absolute atomic E-state index is 13.5. The lowest BCUT2D eigenvalue weighted by molar-refractivity contribution is 0.0953. The molecule has 23 heavy (non-hydrogen) atoms. The second-order valence-electron chi connectivity index (χ2n) is 5.40. The maximum Gasteiger partial charge on any atom is 0.251 e. The van der Waals surface area contributed by atoms with E-state index in [0.29, 0.717) is 24.1 Å². The number of nitrogens with zero attached hydrogens (tertiary/aromatic N) is 3. The van der Waals surface area contributed by atoms with E-state index in [-0.39, 0.29) is 11.7 Å². The van der Waals surface area contributed by atoms with Crippen molar-refractivity contribution in [3.8, 4) is 0 Å². The molecule has 0 bridgehead atoms. The van der Waals surface area contributed by atoms with Crippen molar-refractivity contribution in [2.75, 3.05) is 6.54 Å². The van der Waals surface area contributed by atoms with E-state index in [1.165, 1.54) is 6.07 Å². The zero-order valence-corrected chi connectivity index (χ0v) is 13.0. The van der Waals surface area contributed by atoms with E-state index in [4.69, 9.17) is 0 Å². The molecule has 1 amide bonds. The predicted octanol–water partition coefficient (Wildman–Crippen LogP) is 2.39. The smallest absolute Gasteiger partial charge is 0.251 e. The van der Waals surface area contributed by atoms with E-state index >= 15 is 0 Å². The van der Waals surface area contributed by atoms with Gasteiger partial charge in [0.25, 0.3) is 5.91 Å². The van der Waals surface area contributed by atoms with Crippen LogP contribution in [0.1, 0.15) is 21.7 Å². The highest BCUT2D eigenvalue weighted by molar-refractivity contribution is 5.94. The first-order valence-corrected chi connectivity index (χ1v) is 7.37. The van der Waals surface area contributed by atoms with Gasteiger partial charge in [0.2, 0.25) is 0 Å². The van der Waals surface area contributed by atoms with Crippen molar-refractivity contribution in [2.24, 2.45) is 7.05 Å². The van der Waals surface area contributed by atoms with E-state index in [2.05, 4.69) is 15.3 Å². The zero-order valence-electron chi connectivity index (χ0n) is 13.0. The highest BCUT2D eigenvalue weighted by Gasteiger charge is 2.10. The Bertz CT molecular complexity index is 872. The summed E-state index contributed by atoms with van der Waals surface area (Å²) in [5.74, 6) is 0.175. The number of pyridine rings is 1. The highest BCUT2D eigenvalue weighted by Crippen LogP contribution is 2.12. The molecule has 1 N–H and O–H groups in total. The van der Waals surface area contributed by atoms with E-state index < -0.39 is 0 Å². The first kappa shape index (κ1) is 15.1. The largest absolute Gasteiger partial charge is 0.352 e. The standard InChI is InChI=1S/C17H17FN4O/c1-11-5-6-12(10-13(11)18)17(23)20-9-7-15-21-14-4-3-8-19-16(14)22(15)2/h3-6,8,10H,7,9H2,1-2H3,(H,20,23). The van der Waals surface area contributed by atoms with Gasteiger partial charge in [0.05, 0.1) is 0 Å². The van der Waals surface area contributed by atoms with Crippen molar-refractivity contribution in [2.45, 2.75) is 13.3 Å². The van der Waals surface area contributed by atoms with Crippen molar-refractivity contribution >= 4 is 17.1 Å². The molecule has 0 unspecified atom stereocenters. The molecular formula is C17H17FN4O. The third-order valence-corrected chi connectivity index (χ3v) is 3.79. The maximum atomic E-state index is 13.5. The van der Waals surface area contributed by atoms with Gasteiger partial charge in [0.15, 0.2) is 5.65 Å². The Balaban J connectivity index is 1.65. The molecule has 0 aliphatic carbocycles. The van der Waals surface area contributed by atoms with Crippen LogP contribution in [0.2, 0.25) is 0 Å². The van der Waals surface area contributed by atoms with Crippen LogP contribution in [-0.2, 0) is 13.5 Å². The number of amides is 1. The van der Waals surface area contributed by atoms with Gasteiger partial charge < -0.3 is 9.88 Å². The van der Waals surface area contributed by atoms with Gasteiger partial charge in [0, 0.05) is 31.8 Å². The summed E-state index contributed by atoms with van der Waals surface area (Å²) in [6.45, 7) is 2.09.